The van der Waals surface area contributed by atoms with Crippen LogP contribution in [0.15, 0.2) is 30.7 Å². The number of fused-ring (bicyclic) bond motifs is 2. The van der Waals surface area contributed by atoms with E-state index >= 15 is 0 Å². The number of rotatable bonds is 2. The van der Waals surface area contributed by atoms with Gasteiger partial charge in [0.15, 0.2) is 17.0 Å². The first-order valence-corrected chi connectivity index (χ1v) is 6.57. The number of nitrogens with one attached hydrogen (secondary N) is 2. The lowest BCUT2D eigenvalue weighted by Gasteiger charge is -2.05. The van der Waals surface area contributed by atoms with Crippen LogP contribution in [0, 0.1) is 6.92 Å². The zero-order valence-corrected chi connectivity index (χ0v) is 11.6. The first kappa shape index (κ1) is 11.8. The second-order valence-electron chi connectivity index (χ2n) is 4.98. The molecule has 0 atom stereocenters. The molecule has 0 fully saturated rings. The third-order valence-electron chi connectivity index (χ3n) is 3.41. The molecule has 3 aromatic heterocycles. The van der Waals surface area contributed by atoms with Crippen LogP contribution >= 0.6 is 0 Å². The largest absolute Gasteiger partial charge is 0.337 e. The number of nitrogens with zero attached hydrogens (tertiary/aromatic N) is 5. The molecule has 0 unspecified atom stereocenters. The zero-order valence-electron chi connectivity index (χ0n) is 11.6. The minimum atomic E-state index is 0.660. The van der Waals surface area contributed by atoms with Crippen molar-refractivity contribution in [2.24, 2.45) is 7.05 Å². The van der Waals surface area contributed by atoms with E-state index in [1.165, 1.54) is 0 Å². The summed E-state index contributed by atoms with van der Waals surface area (Å²) in [4.78, 5) is 8.47. The standard InChI is InChI=1S/C14H13N7/c1-8-5-9(6-11-10(8)7-21(2)20-11)17-14-12-13(18-19-14)16-4-3-15-12/h3-7H,1-2H3,(H2,16,17,18,19). The number of aromatic nitrogens is 6. The molecule has 2 N–H and O–H groups in total. The van der Waals surface area contributed by atoms with Crippen molar-refractivity contribution in [3.8, 4) is 0 Å². The third kappa shape index (κ3) is 1.90. The van der Waals surface area contributed by atoms with E-state index in [9.17, 15) is 0 Å². The lowest BCUT2D eigenvalue weighted by atomic mass is 10.1. The smallest absolute Gasteiger partial charge is 0.180 e. The van der Waals surface area contributed by atoms with Crippen molar-refractivity contribution in [1.82, 2.24) is 29.9 Å². The molecule has 21 heavy (non-hydrogen) atoms. The SMILES string of the molecule is Cc1cc(Nc2n[nH]c3nccnc23)cc2nn(C)cc12. The molecule has 7 heteroatoms. The van der Waals surface area contributed by atoms with Gasteiger partial charge in [-0.25, -0.2) is 9.97 Å². The number of benzene rings is 1. The molecule has 0 aliphatic rings. The van der Waals surface area contributed by atoms with Crippen LogP contribution in [-0.2, 0) is 7.05 Å². The van der Waals surface area contributed by atoms with Crippen molar-refractivity contribution in [3.05, 3.63) is 36.3 Å². The maximum atomic E-state index is 4.45. The molecule has 7 nitrogen and oxygen atoms in total. The summed E-state index contributed by atoms with van der Waals surface area (Å²) in [7, 11) is 1.92. The fraction of sp³-hybridized carbons (Fsp3) is 0.143. The van der Waals surface area contributed by atoms with Gasteiger partial charge in [-0.1, -0.05) is 0 Å². The molecular weight excluding hydrogens is 266 g/mol. The summed E-state index contributed by atoms with van der Waals surface area (Å²) in [5.41, 5.74) is 4.42. The Morgan fingerprint density at radius 2 is 2.05 bits per heavy atom. The summed E-state index contributed by atoms with van der Waals surface area (Å²) < 4.78 is 1.82. The molecule has 4 rings (SSSR count). The molecule has 0 bridgehead atoms. The first-order valence-electron chi connectivity index (χ1n) is 6.57. The van der Waals surface area contributed by atoms with Crippen molar-refractivity contribution in [1.29, 1.82) is 0 Å². The van der Waals surface area contributed by atoms with Gasteiger partial charge >= 0.3 is 0 Å². The Labute approximate surface area is 120 Å². The molecule has 0 aliphatic carbocycles. The van der Waals surface area contributed by atoms with Crippen LogP contribution in [0.3, 0.4) is 0 Å². The molecule has 0 saturated carbocycles. The van der Waals surface area contributed by atoms with Crippen LogP contribution in [0.25, 0.3) is 22.1 Å². The predicted octanol–water partition coefficient (Wildman–Crippen LogP) is 2.29. The molecule has 1 aromatic carbocycles. The van der Waals surface area contributed by atoms with Gasteiger partial charge in [-0.2, -0.15) is 10.2 Å². The Morgan fingerprint density at radius 1 is 1.19 bits per heavy atom. The highest BCUT2D eigenvalue weighted by Gasteiger charge is 2.10. The van der Waals surface area contributed by atoms with E-state index < -0.39 is 0 Å². The Morgan fingerprint density at radius 3 is 2.95 bits per heavy atom. The molecule has 0 spiro atoms. The van der Waals surface area contributed by atoms with Crippen LogP contribution < -0.4 is 5.32 Å². The average molecular weight is 279 g/mol. The van der Waals surface area contributed by atoms with Crippen LogP contribution in [0.4, 0.5) is 11.5 Å². The van der Waals surface area contributed by atoms with Crippen LogP contribution in [-0.4, -0.2) is 29.9 Å². The van der Waals surface area contributed by atoms with Crippen LogP contribution in [0.1, 0.15) is 5.56 Å². The van der Waals surface area contributed by atoms with Gasteiger partial charge in [0, 0.05) is 36.7 Å². The quantitative estimate of drug-likeness (QED) is 0.588. The first-order chi connectivity index (χ1) is 10.2. The highest BCUT2D eigenvalue weighted by molar-refractivity contribution is 5.89. The summed E-state index contributed by atoms with van der Waals surface area (Å²) in [6.45, 7) is 2.07. The van der Waals surface area contributed by atoms with E-state index in [-0.39, 0.29) is 0 Å². The molecule has 3 heterocycles. The van der Waals surface area contributed by atoms with Gasteiger partial charge in [-0.05, 0) is 24.6 Å². The van der Waals surface area contributed by atoms with Gasteiger partial charge in [0.1, 0.15) is 0 Å². The number of anilines is 2. The predicted molar refractivity (Wildman–Crippen MR) is 80.4 cm³/mol. The van der Waals surface area contributed by atoms with Crippen molar-refractivity contribution >= 4 is 33.6 Å². The summed E-state index contributed by atoms with van der Waals surface area (Å²) in [6, 6.07) is 4.07. The van der Waals surface area contributed by atoms with Crippen LogP contribution in [0.2, 0.25) is 0 Å². The maximum Gasteiger partial charge on any atom is 0.180 e. The van der Waals surface area contributed by atoms with E-state index in [1.807, 2.05) is 24.0 Å². The molecule has 0 radical (unpaired) electrons. The maximum absolute atomic E-state index is 4.45. The second kappa shape index (κ2) is 4.27. The summed E-state index contributed by atoms with van der Waals surface area (Å²) in [6.07, 6.45) is 5.30. The van der Waals surface area contributed by atoms with Gasteiger partial charge in [-0.15, -0.1) is 0 Å². The minimum Gasteiger partial charge on any atom is -0.337 e. The molecule has 104 valence electrons. The summed E-state index contributed by atoms with van der Waals surface area (Å²) in [5.74, 6) is 0.660. The van der Waals surface area contributed by atoms with Crippen molar-refractivity contribution in [2.75, 3.05) is 5.32 Å². The fourth-order valence-electron chi connectivity index (χ4n) is 2.47. The van der Waals surface area contributed by atoms with Gasteiger partial charge in [-0.3, -0.25) is 9.78 Å². The normalized spacial score (nSPS) is 11.3. The molecule has 0 aliphatic heterocycles. The van der Waals surface area contributed by atoms with Gasteiger partial charge in [0.05, 0.1) is 5.52 Å². The van der Waals surface area contributed by atoms with Gasteiger partial charge in [0.2, 0.25) is 0 Å². The van der Waals surface area contributed by atoms with E-state index in [4.69, 9.17) is 0 Å². The third-order valence-corrected chi connectivity index (χ3v) is 3.41. The topological polar surface area (TPSA) is 84.3 Å². The lowest BCUT2D eigenvalue weighted by molar-refractivity contribution is 0.780. The zero-order chi connectivity index (χ0) is 14.4. The fourth-order valence-corrected chi connectivity index (χ4v) is 2.47. The molecular formula is C14H13N7. The van der Waals surface area contributed by atoms with Crippen molar-refractivity contribution < 1.29 is 0 Å². The monoisotopic (exact) mass is 279 g/mol. The second-order valence-corrected chi connectivity index (χ2v) is 4.98. The van der Waals surface area contributed by atoms with Crippen LogP contribution in [0.5, 0.6) is 0 Å². The van der Waals surface area contributed by atoms with E-state index in [1.54, 1.807) is 12.4 Å². The Hall–Kier alpha value is -2.96. The van der Waals surface area contributed by atoms with Crippen molar-refractivity contribution in [3.63, 3.8) is 0 Å². The lowest BCUT2D eigenvalue weighted by Crippen LogP contribution is -1.93. The van der Waals surface area contributed by atoms with E-state index in [2.05, 4.69) is 43.6 Å². The van der Waals surface area contributed by atoms with Gasteiger partial charge < -0.3 is 5.32 Å². The van der Waals surface area contributed by atoms with E-state index in [0.29, 0.717) is 11.5 Å². The average Bonchev–Trinajstić information content (AvgIpc) is 3.03. The summed E-state index contributed by atoms with van der Waals surface area (Å²) >= 11 is 0. The number of aryl methyl sites for hydroxylation is 2. The number of hydrogen-bond acceptors (Lipinski definition) is 5. The Kier molecular flexibility index (Phi) is 2.41. The highest BCUT2D eigenvalue weighted by atomic mass is 15.2. The Bertz CT molecular complexity index is 950. The number of hydrogen-bond donors (Lipinski definition) is 2. The number of aromatic amines is 1. The summed E-state index contributed by atoms with van der Waals surface area (Å²) in [5, 5.41) is 15.9. The molecule has 0 saturated heterocycles. The van der Waals surface area contributed by atoms with E-state index in [0.717, 1.165) is 27.7 Å². The van der Waals surface area contributed by atoms with Gasteiger partial charge in [0.25, 0.3) is 0 Å². The number of H-pyrrole nitrogens is 1. The minimum absolute atomic E-state index is 0.660. The molecule has 4 aromatic rings. The highest BCUT2D eigenvalue weighted by Crippen LogP contribution is 2.26. The molecule has 0 amide bonds. The van der Waals surface area contributed by atoms with Crippen molar-refractivity contribution in [2.45, 2.75) is 6.92 Å². The Balaban J connectivity index is 1.80.